The molecule has 31 heavy (non-hydrogen) atoms. The molecular weight excluding hydrogens is 396 g/mol. The van der Waals surface area contributed by atoms with E-state index in [4.69, 9.17) is 9.15 Å². The summed E-state index contributed by atoms with van der Waals surface area (Å²) in [5, 5.41) is 5.94. The molecule has 8 heteroatoms. The van der Waals surface area contributed by atoms with Crippen LogP contribution in [0.4, 0.5) is 10.5 Å². The predicted molar refractivity (Wildman–Crippen MR) is 119 cm³/mol. The van der Waals surface area contributed by atoms with Crippen LogP contribution in [-0.2, 0) is 16.1 Å². The summed E-state index contributed by atoms with van der Waals surface area (Å²) in [6, 6.07) is 9.23. The van der Waals surface area contributed by atoms with Crippen molar-refractivity contribution in [2.24, 2.45) is 0 Å². The van der Waals surface area contributed by atoms with E-state index in [9.17, 15) is 9.59 Å². The van der Waals surface area contributed by atoms with Crippen LogP contribution in [0.15, 0.2) is 41.0 Å². The highest BCUT2D eigenvalue weighted by molar-refractivity contribution is 5.91. The van der Waals surface area contributed by atoms with E-state index >= 15 is 0 Å². The average Bonchev–Trinajstić information content (AvgIpc) is 3.27. The lowest BCUT2D eigenvalue weighted by atomic mass is 10.1. The first-order chi connectivity index (χ1) is 15.0. The zero-order valence-corrected chi connectivity index (χ0v) is 18.4. The molecule has 2 aromatic rings. The van der Waals surface area contributed by atoms with Gasteiger partial charge < -0.3 is 24.7 Å². The van der Waals surface area contributed by atoms with Gasteiger partial charge in [-0.05, 0) is 37.1 Å². The van der Waals surface area contributed by atoms with Gasteiger partial charge in [-0.1, -0.05) is 18.2 Å². The van der Waals surface area contributed by atoms with E-state index in [1.165, 1.54) is 0 Å². The van der Waals surface area contributed by atoms with Crippen molar-refractivity contribution in [2.75, 3.05) is 51.3 Å². The molecular formula is C23H32N4O4. The van der Waals surface area contributed by atoms with Gasteiger partial charge in [-0.15, -0.1) is 0 Å². The smallest absolute Gasteiger partial charge is 0.322 e. The fraction of sp³-hybridized carbons (Fsp3) is 0.478. The lowest BCUT2D eigenvalue weighted by Crippen LogP contribution is -2.42. The molecule has 1 aliphatic heterocycles. The van der Waals surface area contributed by atoms with Gasteiger partial charge in [0.1, 0.15) is 5.76 Å². The summed E-state index contributed by atoms with van der Waals surface area (Å²) < 4.78 is 10.7. The molecule has 1 aromatic carbocycles. The number of furan rings is 1. The van der Waals surface area contributed by atoms with Gasteiger partial charge in [0.2, 0.25) is 5.91 Å². The van der Waals surface area contributed by atoms with Gasteiger partial charge in [0.15, 0.2) is 0 Å². The Hall–Kier alpha value is -2.84. The summed E-state index contributed by atoms with van der Waals surface area (Å²) in [6.45, 7) is 9.17. The molecule has 0 radical (unpaired) electrons. The molecule has 1 aliphatic rings. The molecule has 1 aromatic heterocycles. The number of carbonyl (C=O) groups is 2. The number of ether oxygens (including phenoxy) is 1. The maximum absolute atomic E-state index is 13.0. The fourth-order valence-electron chi connectivity index (χ4n) is 3.54. The number of benzene rings is 1. The van der Waals surface area contributed by atoms with Crippen molar-refractivity contribution in [1.29, 1.82) is 0 Å². The number of carbonyl (C=O) groups excluding carboxylic acids is 2. The van der Waals surface area contributed by atoms with Crippen LogP contribution in [0.25, 0.3) is 0 Å². The molecule has 1 saturated heterocycles. The van der Waals surface area contributed by atoms with Gasteiger partial charge in [-0.25, -0.2) is 4.79 Å². The number of nitrogens with one attached hydrogen (secondary N) is 2. The van der Waals surface area contributed by atoms with Crippen LogP contribution >= 0.6 is 0 Å². The quantitative estimate of drug-likeness (QED) is 0.641. The minimum absolute atomic E-state index is 0.0717. The summed E-state index contributed by atoms with van der Waals surface area (Å²) in [7, 11) is 0. The Labute approximate surface area is 183 Å². The van der Waals surface area contributed by atoms with Gasteiger partial charge in [0.25, 0.3) is 0 Å². The standard InChI is InChI=1S/C23H32N4O4/c1-18-5-3-6-19(2)22(18)25-23(29)27(17-20-7-4-14-31-20)10-8-21(28)24-9-11-26-12-15-30-16-13-26/h3-7,14H,8-13,15-17H2,1-2H3,(H,24,28)(H,25,29). The van der Waals surface area contributed by atoms with Crippen molar-refractivity contribution in [2.45, 2.75) is 26.8 Å². The third kappa shape index (κ3) is 7.11. The molecule has 0 bridgehead atoms. The number of amides is 3. The maximum atomic E-state index is 13.0. The van der Waals surface area contributed by atoms with Crippen molar-refractivity contribution in [3.8, 4) is 0 Å². The highest BCUT2D eigenvalue weighted by atomic mass is 16.5. The first-order valence-electron chi connectivity index (χ1n) is 10.7. The fourth-order valence-corrected chi connectivity index (χ4v) is 3.54. The number of urea groups is 1. The Morgan fingerprint density at radius 3 is 2.52 bits per heavy atom. The zero-order valence-electron chi connectivity index (χ0n) is 18.4. The molecule has 0 atom stereocenters. The van der Waals surface area contributed by atoms with E-state index in [1.807, 2.05) is 38.1 Å². The molecule has 0 aliphatic carbocycles. The van der Waals surface area contributed by atoms with Gasteiger partial charge in [0.05, 0.1) is 26.0 Å². The molecule has 0 saturated carbocycles. The van der Waals surface area contributed by atoms with E-state index in [1.54, 1.807) is 17.2 Å². The van der Waals surface area contributed by atoms with Gasteiger partial charge in [0, 0.05) is 44.8 Å². The Bertz CT molecular complexity index is 827. The van der Waals surface area contributed by atoms with Gasteiger partial charge in [-0.2, -0.15) is 0 Å². The molecule has 2 heterocycles. The second-order valence-electron chi connectivity index (χ2n) is 7.75. The van der Waals surface area contributed by atoms with Crippen molar-refractivity contribution in [3.63, 3.8) is 0 Å². The summed E-state index contributed by atoms with van der Waals surface area (Å²) in [6.07, 6.45) is 1.80. The Morgan fingerprint density at radius 1 is 1.10 bits per heavy atom. The van der Waals surface area contributed by atoms with Crippen LogP contribution in [0.3, 0.4) is 0 Å². The number of morpholine rings is 1. The number of aryl methyl sites for hydroxylation is 2. The molecule has 168 valence electrons. The lowest BCUT2D eigenvalue weighted by Gasteiger charge is -2.26. The Morgan fingerprint density at radius 2 is 1.84 bits per heavy atom. The van der Waals surface area contributed by atoms with Crippen LogP contribution in [0, 0.1) is 13.8 Å². The minimum atomic E-state index is -0.255. The van der Waals surface area contributed by atoms with Crippen LogP contribution < -0.4 is 10.6 Å². The van der Waals surface area contributed by atoms with E-state index < -0.39 is 0 Å². The highest BCUT2D eigenvalue weighted by Gasteiger charge is 2.18. The van der Waals surface area contributed by atoms with Crippen LogP contribution in [0.5, 0.6) is 0 Å². The topological polar surface area (TPSA) is 87.1 Å². The summed E-state index contributed by atoms with van der Waals surface area (Å²) in [4.78, 5) is 29.2. The first kappa shape index (κ1) is 22.8. The number of rotatable bonds is 9. The SMILES string of the molecule is Cc1cccc(C)c1NC(=O)N(CCC(=O)NCCN1CCOCC1)Cc1ccco1. The number of hydrogen-bond acceptors (Lipinski definition) is 5. The Kier molecular flexibility index (Phi) is 8.49. The molecule has 2 N–H and O–H groups in total. The lowest BCUT2D eigenvalue weighted by molar-refractivity contribution is -0.121. The molecule has 3 amide bonds. The van der Waals surface area contributed by atoms with Crippen molar-refractivity contribution >= 4 is 17.6 Å². The predicted octanol–water partition coefficient (Wildman–Crippen LogP) is 2.77. The van der Waals surface area contributed by atoms with Crippen molar-refractivity contribution < 1.29 is 18.7 Å². The number of nitrogens with zero attached hydrogens (tertiary/aromatic N) is 2. The van der Waals surface area contributed by atoms with E-state index in [0.717, 1.165) is 49.7 Å². The highest BCUT2D eigenvalue weighted by Crippen LogP contribution is 2.20. The normalized spacial score (nSPS) is 14.3. The van der Waals surface area contributed by atoms with Crippen molar-refractivity contribution in [3.05, 3.63) is 53.5 Å². The van der Waals surface area contributed by atoms with E-state index in [-0.39, 0.29) is 18.4 Å². The van der Waals surface area contributed by atoms with Crippen LogP contribution in [0.1, 0.15) is 23.3 Å². The Balaban J connectivity index is 1.53. The van der Waals surface area contributed by atoms with E-state index in [2.05, 4.69) is 15.5 Å². The summed E-state index contributed by atoms with van der Waals surface area (Å²) in [5.41, 5.74) is 2.78. The zero-order chi connectivity index (χ0) is 22.1. The van der Waals surface area contributed by atoms with Crippen molar-refractivity contribution in [1.82, 2.24) is 15.1 Å². The van der Waals surface area contributed by atoms with E-state index in [0.29, 0.717) is 25.4 Å². The monoisotopic (exact) mass is 428 g/mol. The molecule has 3 rings (SSSR count). The first-order valence-corrected chi connectivity index (χ1v) is 10.7. The van der Waals surface area contributed by atoms with Gasteiger partial charge >= 0.3 is 6.03 Å². The number of anilines is 1. The summed E-state index contributed by atoms with van der Waals surface area (Å²) in [5.74, 6) is 0.599. The third-order valence-electron chi connectivity index (χ3n) is 5.39. The van der Waals surface area contributed by atoms with Crippen LogP contribution in [-0.4, -0.2) is 67.7 Å². The minimum Gasteiger partial charge on any atom is -0.467 e. The molecule has 0 spiro atoms. The molecule has 0 unspecified atom stereocenters. The van der Waals surface area contributed by atoms with Gasteiger partial charge in [-0.3, -0.25) is 9.69 Å². The molecule has 1 fully saturated rings. The average molecular weight is 429 g/mol. The second-order valence-corrected chi connectivity index (χ2v) is 7.75. The largest absolute Gasteiger partial charge is 0.467 e. The maximum Gasteiger partial charge on any atom is 0.322 e. The second kappa shape index (κ2) is 11.5. The van der Waals surface area contributed by atoms with Crippen LogP contribution in [0.2, 0.25) is 0 Å². The summed E-state index contributed by atoms with van der Waals surface area (Å²) >= 11 is 0. The molecule has 8 nitrogen and oxygen atoms in total. The third-order valence-corrected chi connectivity index (χ3v) is 5.39. The number of hydrogen-bond donors (Lipinski definition) is 2. The number of para-hydroxylation sites is 1.